The molecule has 27 heavy (non-hydrogen) atoms. The van der Waals surface area contributed by atoms with Crippen LogP contribution in [0.1, 0.15) is 23.2 Å². The first-order valence-corrected chi connectivity index (χ1v) is 10.0. The quantitative estimate of drug-likeness (QED) is 0.430. The molecule has 1 atom stereocenters. The summed E-state index contributed by atoms with van der Waals surface area (Å²) in [4.78, 5) is 8.61. The minimum absolute atomic E-state index is 0.189. The van der Waals surface area contributed by atoms with E-state index < -0.39 is 8.25 Å². The van der Waals surface area contributed by atoms with E-state index >= 15 is 0 Å². The lowest BCUT2D eigenvalue weighted by Crippen LogP contribution is -2.04. The Morgan fingerprint density at radius 2 is 1.93 bits per heavy atom. The molecule has 0 saturated carbocycles. The molecule has 142 valence electrons. The van der Waals surface area contributed by atoms with E-state index in [2.05, 4.69) is 34.2 Å². The number of hydrogen-bond donors (Lipinski definition) is 2. The molecule has 0 radical (unpaired) electrons. The summed E-state index contributed by atoms with van der Waals surface area (Å²) in [6.45, 7) is 3.95. The van der Waals surface area contributed by atoms with E-state index in [0.29, 0.717) is 19.6 Å². The van der Waals surface area contributed by atoms with Gasteiger partial charge in [0.25, 0.3) is 0 Å². The maximum Gasteiger partial charge on any atom is 0.694 e. The van der Waals surface area contributed by atoms with Gasteiger partial charge in [-0.25, -0.2) is 0 Å². The molecule has 3 N–H and O–H groups in total. The molecule has 0 aliphatic heterocycles. The summed E-state index contributed by atoms with van der Waals surface area (Å²) >= 11 is 0. The zero-order valence-electron chi connectivity index (χ0n) is 15.3. The second kappa shape index (κ2) is 9.11. The predicted molar refractivity (Wildman–Crippen MR) is 106 cm³/mol. The van der Waals surface area contributed by atoms with E-state index in [1.807, 2.05) is 30.3 Å². The Kier molecular flexibility index (Phi) is 6.58. The number of aromatic nitrogens is 1. The highest BCUT2D eigenvalue weighted by Crippen LogP contribution is 2.30. The minimum atomic E-state index is -2.55. The van der Waals surface area contributed by atoms with Crippen molar-refractivity contribution in [3.63, 3.8) is 0 Å². The van der Waals surface area contributed by atoms with Gasteiger partial charge in [0.2, 0.25) is 0 Å². The molecule has 2 aromatic carbocycles. The molecule has 0 spiro atoms. The molecular weight excluding hydrogens is 363 g/mol. The molecule has 1 unspecified atom stereocenters. The molecule has 3 rings (SSSR count). The predicted octanol–water partition coefficient (Wildman–Crippen LogP) is 3.89. The summed E-state index contributed by atoms with van der Waals surface area (Å²) in [6, 6.07) is 16.4. The highest BCUT2D eigenvalue weighted by Gasteiger charge is 2.14. The standard InChI is InChI=1S/C20H23N2O4P/c1-15-19(13-21)18-12-17(25-10-5-11-26-27(23)24)8-9-20(18)22(15)14-16-6-3-2-4-7-16/h2-4,6-9,12H,5,10-11,13-14,21H2,1H3/p+1. The maximum atomic E-state index is 10.5. The van der Waals surface area contributed by atoms with E-state index in [1.54, 1.807) is 0 Å². The lowest BCUT2D eigenvalue weighted by molar-refractivity contribution is 0.236. The van der Waals surface area contributed by atoms with E-state index in [9.17, 15) is 4.57 Å². The van der Waals surface area contributed by atoms with Crippen molar-refractivity contribution in [1.29, 1.82) is 0 Å². The third-order valence-corrected chi connectivity index (χ3v) is 4.98. The Morgan fingerprint density at radius 3 is 2.63 bits per heavy atom. The van der Waals surface area contributed by atoms with Crippen molar-refractivity contribution in [2.45, 2.75) is 26.4 Å². The summed E-state index contributed by atoms with van der Waals surface area (Å²) in [5.74, 6) is 0.752. The van der Waals surface area contributed by atoms with Gasteiger partial charge in [-0.15, -0.1) is 9.42 Å². The molecule has 7 heteroatoms. The van der Waals surface area contributed by atoms with Gasteiger partial charge < -0.3 is 15.0 Å². The smallest absolute Gasteiger partial charge is 0.493 e. The molecule has 0 amide bonds. The molecule has 1 heterocycles. The normalized spacial score (nSPS) is 11.7. The number of hydrogen-bond acceptors (Lipinski definition) is 4. The van der Waals surface area contributed by atoms with Crippen molar-refractivity contribution < 1.29 is 18.7 Å². The van der Waals surface area contributed by atoms with Crippen LogP contribution in [0.5, 0.6) is 5.75 Å². The monoisotopic (exact) mass is 387 g/mol. The number of nitrogens with zero attached hydrogens (tertiary/aromatic N) is 1. The zero-order chi connectivity index (χ0) is 19.2. The van der Waals surface area contributed by atoms with Crippen molar-refractivity contribution in [2.75, 3.05) is 13.2 Å². The second-order valence-electron chi connectivity index (χ2n) is 6.29. The van der Waals surface area contributed by atoms with Gasteiger partial charge in [0, 0.05) is 40.7 Å². The van der Waals surface area contributed by atoms with Crippen LogP contribution >= 0.6 is 8.25 Å². The lowest BCUT2D eigenvalue weighted by atomic mass is 10.1. The van der Waals surface area contributed by atoms with Crippen molar-refractivity contribution in [3.05, 3.63) is 65.4 Å². The first kappa shape index (κ1) is 19.5. The van der Waals surface area contributed by atoms with Gasteiger partial charge in [-0.05, 0) is 36.2 Å². The number of ether oxygens (including phenoxy) is 1. The SMILES string of the molecule is Cc1c(CN)c2cc(OCCCO[P+](=O)O)ccc2n1Cc1ccccc1. The van der Waals surface area contributed by atoms with Crippen LogP contribution in [0.15, 0.2) is 48.5 Å². The third-order valence-electron chi connectivity index (χ3n) is 4.57. The topological polar surface area (TPSA) is 86.7 Å². The van der Waals surface area contributed by atoms with Crippen LogP contribution in [-0.2, 0) is 22.2 Å². The van der Waals surface area contributed by atoms with Gasteiger partial charge >= 0.3 is 8.25 Å². The number of fused-ring (bicyclic) bond motifs is 1. The number of benzene rings is 2. The molecule has 0 bridgehead atoms. The molecule has 0 fully saturated rings. The fraction of sp³-hybridized carbons (Fsp3) is 0.300. The Morgan fingerprint density at radius 1 is 1.15 bits per heavy atom. The zero-order valence-corrected chi connectivity index (χ0v) is 16.2. The van der Waals surface area contributed by atoms with Crippen LogP contribution in [0, 0.1) is 6.92 Å². The molecule has 0 aliphatic rings. The fourth-order valence-corrected chi connectivity index (χ4v) is 3.52. The van der Waals surface area contributed by atoms with Crippen LogP contribution in [0.25, 0.3) is 10.9 Å². The maximum absolute atomic E-state index is 10.5. The van der Waals surface area contributed by atoms with E-state index in [4.69, 9.17) is 15.4 Å². The highest BCUT2D eigenvalue weighted by molar-refractivity contribution is 7.32. The van der Waals surface area contributed by atoms with Gasteiger partial charge in [-0.1, -0.05) is 30.3 Å². The Labute approximate surface area is 159 Å². The molecule has 0 aliphatic carbocycles. The first-order chi connectivity index (χ1) is 13.1. The summed E-state index contributed by atoms with van der Waals surface area (Å²) < 4.78 is 23.1. The van der Waals surface area contributed by atoms with Crippen LogP contribution in [0.4, 0.5) is 0 Å². The van der Waals surface area contributed by atoms with Crippen molar-refractivity contribution in [3.8, 4) is 5.75 Å². The summed E-state index contributed by atoms with van der Waals surface area (Å²) in [7, 11) is -2.55. The molecular formula is C20H24N2O4P+. The average molecular weight is 387 g/mol. The number of nitrogens with two attached hydrogens (primary N) is 1. The van der Waals surface area contributed by atoms with E-state index in [1.165, 1.54) is 5.56 Å². The van der Waals surface area contributed by atoms with E-state index in [0.717, 1.165) is 34.5 Å². The molecule has 3 aromatic rings. The van der Waals surface area contributed by atoms with Gasteiger partial charge in [0.1, 0.15) is 12.4 Å². The third kappa shape index (κ3) is 4.73. The second-order valence-corrected chi connectivity index (χ2v) is 7.03. The average Bonchev–Trinajstić information content (AvgIpc) is 2.92. The molecule has 1 aromatic heterocycles. The molecule has 0 saturated heterocycles. The minimum Gasteiger partial charge on any atom is -0.493 e. The lowest BCUT2D eigenvalue weighted by Gasteiger charge is -2.09. The van der Waals surface area contributed by atoms with Crippen LogP contribution in [0.2, 0.25) is 0 Å². The fourth-order valence-electron chi connectivity index (χ4n) is 3.24. The Balaban J connectivity index is 1.80. The highest BCUT2D eigenvalue weighted by atomic mass is 31.1. The number of rotatable bonds is 9. The summed E-state index contributed by atoms with van der Waals surface area (Å²) in [5, 5.41) is 1.10. The first-order valence-electron chi connectivity index (χ1n) is 8.87. The Hall–Kier alpha value is -2.24. The largest absolute Gasteiger partial charge is 0.694 e. The van der Waals surface area contributed by atoms with Crippen molar-refractivity contribution in [2.24, 2.45) is 5.73 Å². The van der Waals surface area contributed by atoms with Gasteiger partial charge in [0.05, 0.1) is 6.61 Å². The summed E-state index contributed by atoms with van der Waals surface area (Å²) in [6.07, 6.45) is 0.539. The van der Waals surface area contributed by atoms with Gasteiger partial charge in [0.15, 0.2) is 0 Å². The van der Waals surface area contributed by atoms with Crippen molar-refractivity contribution in [1.82, 2.24) is 4.57 Å². The van der Waals surface area contributed by atoms with Crippen molar-refractivity contribution >= 4 is 19.2 Å². The van der Waals surface area contributed by atoms with Gasteiger partial charge in [-0.3, -0.25) is 0 Å². The summed E-state index contributed by atoms with van der Waals surface area (Å²) in [5.41, 5.74) is 10.7. The Bertz CT molecular complexity index is 925. The van der Waals surface area contributed by atoms with E-state index in [-0.39, 0.29) is 6.61 Å². The van der Waals surface area contributed by atoms with Crippen LogP contribution < -0.4 is 10.5 Å². The van der Waals surface area contributed by atoms with Crippen LogP contribution in [0.3, 0.4) is 0 Å². The molecule has 6 nitrogen and oxygen atoms in total. The van der Waals surface area contributed by atoms with Gasteiger partial charge in [-0.2, -0.15) is 0 Å². The van der Waals surface area contributed by atoms with Crippen LogP contribution in [-0.4, -0.2) is 22.7 Å².